The third kappa shape index (κ3) is 4.97. The zero-order valence-corrected chi connectivity index (χ0v) is 17.8. The third-order valence-electron chi connectivity index (χ3n) is 5.02. The molecule has 1 aliphatic heterocycles. The zero-order chi connectivity index (χ0) is 21.6. The highest BCUT2D eigenvalue weighted by Gasteiger charge is 2.33. The summed E-state index contributed by atoms with van der Waals surface area (Å²) in [6.45, 7) is 0. The van der Waals surface area contributed by atoms with Crippen LogP contribution in [-0.2, 0) is 9.59 Å². The molecule has 0 radical (unpaired) electrons. The number of benzene rings is 2. The summed E-state index contributed by atoms with van der Waals surface area (Å²) in [4.78, 5) is 29.2. The highest BCUT2D eigenvalue weighted by atomic mass is 32.1. The number of rotatable bonds is 7. The number of aromatic nitrogens is 1. The third-order valence-corrected chi connectivity index (χ3v) is 5.71. The molecule has 1 aliphatic rings. The molecule has 1 aromatic heterocycles. The minimum absolute atomic E-state index is 0.0649. The number of nitrogens with zero attached hydrogens (tertiary/aromatic N) is 3. The molecule has 0 saturated carbocycles. The monoisotopic (exact) mass is 434 g/mol. The molecule has 7 nitrogen and oxygen atoms in total. The number of hydrogen-bond donors (Lipinski definition) is 1. The number of carbonyl (C=O) groups is 2. The number of hydrazone groups is 1. The molecule has 0 aliphatic carbocycles. The van der Waals surface area contributed by atoms with Gasteiger partial charge >= 0.3 is 0 Å². The topological polar surface area (TPSA) is 83.9 Å². The predicted molar refractivity (Wildman–Crippen MR) is 120 cm³/mol. The van der Waals surface area contributed by atoms with Crippen molar-refractivity contribution in [2.24, 2.45) is 5.10 Å². The van der Waals surface area contributed by atoms with Gasteiger partial charge in [0.1, 0.15) is 5.75 Å². The van der Waals surface area contributed by atoms with E-state index in [1.165, 1.54) is 16.3 Å². The fourth-order valence-electron chi connectivity index (χ4n) is 3.43. The van der Waals surface area contributed by atoms with Crippen LogP contribution in [0.2, 0.25) is 0 Å². The molecule has 0 saturated heterocycles. The van der Waals surface area contributed by atoms with Crippen molar-refractivity contribution in [1.29, 1.82) is 0 Å². The molecule has 3 aromatic rings. The molecule has 1 unspecified atom stereocenters. The van der Waals surface area contributed by atoms with Gasteiger partial charge in [0, 0.05) is 30.8 Å². The van der Waals surface area contributed by atoms with Crippen LogP contribution in [0.4, 0.5) is 5.13 Å². The van der Waals surface area contributed by atoms with Gasteiger partial charge in [-0.05, 0) is 23.3 Å². The highest BCUT2D eigenvalue weighted by Crippen LogP contribution is 2.34. The van der Waals surface area contributed by atoms with Crippen LogP contribution >= 0.6 is 11.3 Å². The predicted octanol–water partition coefficient (Wildman–Crippen LogP) is 4.25. The van der Waals surface area contributed by atoms with Crippen LogP contribution in [0, 0.1) is 0 Å². The van der Waals surface area contributed by atoms with Gasteiger partial charge < -0.3 is 10.1 Å². The van der Waals surface area contributed by atoms with E-state index in [4.69, 9.17) is 4.74 Å². The quantitative estimate of drug-likeness (QED) is 0.603. The van der Waals surface area contributed by atoms with E-state index in [0.717, 1.165) is 22.6 Å². The summed E-state index contributed by atoms with van der Waals surface area (Å²) in [5, 5.41) is 11.2. The molecule has 8 heteroatoms. The maximum atomic E-state index is 13.0. The van der Waals surface area contributed by atoms with Gasteiger partial charge in [0.2, 0.25) is 11.8 Å². The molecule has 0 fully saturated rings. The van der Waals surface area contributed by atoms with Gasteiger partial charge in [-0.25, -0.2) is 9.99 Å². The second-order valence-corrected chi connectivity index (χ2v) is 7.92. The van der Waals surface area contributed by atoms with Crippen LogP contribution in [0.1, 0.15) is 36.4 Å². The van der Waals surface area contributed by atoms with E-state index in [2.05, 4.69) is 15.4 Å². The number of carbonyl (C=O) groups excluding carboxylic acids is 2. The van der Waals surface area contributed by atoms with E-state index in [-0.39, 0.29) is 30.7 Å². The van der Waals surface area contributed by atoms with Gasteiger partial charge in [-0.3, -0.25) is 9.59 Å². The first-order chi connectivity index (χ1) is 15.1. The van der Waals surface area contributed by atoms with Gasteiger partial charge in [-0.2, -0.15) is 5.10 Å². The summed E-state index contributed by atoms with van der Waals surface area (Å²) in [5.74, 6) is 0.319. The van der Waals surface area contributed by atoms with Crippen molar-refractivity contribution in [3.8, 4) is 5.75 Å². The summed E-state index contributed by atoms with van der Waals surface area (Å²) >= 11 is 1.34. The lowest BCUT2D eigenvalue weighted by molar-refractivity contribution is -0.134. The summed E-state index contributed by atoms with van der Waals surface area (Å²) in [6, 6.07) is 17.2. The number of hydrogen-bond acceptors (Lipinski definition) is 6. The minimum Gasteiger partial charge on any atom is -0.497 e. The summed E-state index contributed by atoms with van der Waals surface area (Å²) in [7, 11) is 1.62. The number of nitrogens with one attached hydrogen (secondary N) is 1. The maximum absolute atomic E-state index is 13.0. The van der Waals surface area contributed by atoms with Crippen LogP contribution in [0.25, 0.3) is 0 Å². The summed E-state index contributed by atoms with van der Waals surface area (Å²) < 4.78 is 5.25. The Morgan fingerprint density at radius 3 is 2.58 bits per heavy atom. The Hall–Kier alpha value is -3.52. The van der Waals surface area contributed by atoms with Crippen LogP contribution in [0.15, 0.2) is 71.3 Å². The number of amides is 2. The molecule has 0 spiro atoms. The Balaban J connectivity index is 1.50. The first-order valence-electron chi connectivity index (χ1n) is 9.92. The standard InChI is InChI=1S/C23H22N4O3S/c1-30-18-9-7-17(8-10-18)20-15-19(16-5-3-2-4-6-16)26-27(20)22(29)12-11-21(28)25-23-24-13-14-31-23/h2-10,13-14,20H,11-12,15H2,1H3,(H,24,25,28). The van der Waals surface area contributed by atoms with E-state index in [1.807, 2.05) is 54.6 Å². The minimum atomic E-state index is -0.240. The maximum Gasteiger partial charge on any atom is 0.243 e. The zero-order valence-electron chi connectivity index (χ0n) is 17.0. The van der Waals surface area contributed by atoms with E-state index >= 15 is 0 Å². The van der Waals surface area contributed by atoms with E-state index < -0.39 is 0 Å². The van der Waals surface area contributed by atoms with Crippen LogP contribution in [0.5, 0.6) is 5.75 Å². The molecule has 2 aromatic carbocycles. The normalized spacial score (nSPS) is 15.5. The second-order valence-electron chi connectivity index (χ2n) is 7.03. The van der Waals surface area contributed by atoms with Gasteiger partial charge in [-0.15, -0.1) is 11.3 Å². The van der Waals surface area contributed by atoms with Crippen molar-refractivity contribution in [3.05, 3.63) is 77.3 Å². The molecule has 1 atom stereocenters. The van der Waals surface area contributed by atoms with E-state index in [1.54, 1.807) is 18.7 Å². The van der Waals surface area contributed by atoms with E-state index in [0.29, 0.717) is 11.6 Å². The second kappa shape index (κ2) is 9.53. The number of anilines is 1. The van der Waals surface area contributed by atoms with Crippen molar-refractivity contribution in [1.82, 2.24) is 9.99 Å². The Kier molecular flexibility index (Phi) is 6.37. The van der Waals surface area contributed by atoms with Crippen molar-refractivity contribution < 1.29 is 14.3 Å². The molecule has 0 bridgehead atoms. The lowest BCUT2D eigenvalue weighted by Crippen LogP contribution is -2.28. The van der Waals surface area contributed by atoms with Crippen molar-refractivity contribution in [2.45, 2.75) is 25.3 Å². The average molecular weight is 435 g/mol. The molecule has 2 amide bonds. The lowest BCUT2D eigenvalue weighted by Gasteiger charge is -2.22. The smallest absolute Gasteiger partial charge is 0.243 e. The van der Waals surface area contributed by atoms with Gasteiger partial charge in [-0.1, -0.05) is 42.5 Å². The first kappa shape index (κ1) is 20.7. The van der Waals surface area contributed by atoms with E-state index in [9.17, 15) is 9.59 Å². The molecule has 4 rings (SSSR count). The molecule has 1 N–H and O–H groups in total. The Labute approximate surface area is 184 Å². The SMILES string of the molecule is COc1ccc(C2CC(c3ccccc3)=NN2C(=O)CCC(=O)Nc2nccs2)cc1. The Morgan fingerprint density at radius 1 is 1.13 bits per heavy atom. The van der Waals surface area contributed by atoms with Crippen LogP contribution < -0.4 is 10.1 Å². The molecule has 31 heavy (non-hydrogen) atoms. The molecule has 2 heterocycles. The van der Waals surface area contributed by atoms with Crippen molar-refractivity contribution >= 4 is 34.0 Å². The Bertz CT molecular complexity index is 1070. The number of thiazole rings is 1. The average Bonchev–Trinajstić information content (AvgIpc) is 3.48. The highest BCUT2D eigenvalue weighted by molar-refractivity contribution is 7.13. The first-order valence-corrected chi connectivity index (χ1v) is 10.8. The van der Waals surface area contributed by atoms with Crippen LogP contribution in [0.3, 0.4) is 0 Å². The summed E-state index contributed by atoms with van der Waals surface area (Å²) in [5.41, 5.74) is 2.80. The van der Waals surface area contributed by atoms with Gasteiger partial charge in [0.05, 0.1) is 18.9 Å². The van der Waals surface area contributed by atoms with Gasteiger partial charge in [0.25, 0.3) is 0 Å². The van der Waals surface area contributed by atoms with Crippen molar-refractivity contribution in [2.75, 3.05) is 12.4 Å². The van der Waals surface area contributed by atoms with Crippen LogP contribution in [-0.4, -0.2) is 34.6 Å². The van der Waals surface area contributed by atoms with Gasteiger partial charge in [0.15, 0.2) is 5.13 Å². The largest absolute Gasteiger partial charge is 0.497 e. The molecular formula is C23H22N4O3S. The number of ether oxygens (including phenoxy) is 1. The fraction of sp³-hybridized carbons (Fsp3) is 0.217. The summed E-state index contributed by atoms with van der Waals surface area (Å²) in [6.07, 6.45) is 2.36. The number of methoxy groups -OCH3 is 1. The van der Waals surface area contributed by atoms with Crippen molar-refractivity contribution in [3.63, 3.8) is 0 Å². The Morgan fingerprint density at radius 2 is 1.90 bits per heavy atom. The fourth-order valence-corrected chi connectivity index (χ4v) is 3.98. The molecular weight excluding hydrogens is 412 g/mol. The lowest BCUT2D eigenvalue weighted by atomic mass is 9.98. The molecule has 158 valence electrons.